The van der Waals surface area contributed by atoms with E-state index in [4.69, 9.17) is 4.74 Å². The molecule has 3 rings (SSSR count). The highest BCUT2D eigenvalue weighted by molar-refractivity contribution is 6.06. The van der Waals surface area contributed by atoms with Gasteiger partial charge in [-0.25, -0.2) is 4.79 Å². The number of hydrogen-bond donors (Lipinski definition) is 0. The SMILES string of the molecule is CCC1C=C(C(=O)OC)C(c2ccccc2)C1(C#N)C(=O)c1ccccc1. The molecule has 0 aromatic heterocycles. The molecule has 1 aliphatic carbocycles. The van der Waals surface area contributed by atoms with Gasteiger partial charge in [0.25, 0.3) is 0 Å². The first-order valence-electron chi connectivity index (χ1n) is 8.96. The Labute approximate surface area is 159 Å². The summed E-state index contributed by atoms with van der Waals surface area (Å²) in [5, 5.41) is 10.3. The van der Waals surface area contributed by atoms with Crippen LogP contribution in [0.15, 0.2) is 72.3 Å². The predicted octanol–water partition coefficient (Wildman–Crippen LogP) is 4.30. The van der Waals surface area contributed by atoms with Crippen LogP contribution in [0.1, 0.15) is 35.2 Å². The van der Waals surface area contributed by atoms with E-state index in [2.05, 4.69) is 6.07 Å². The summed E-state index contributed by atoms with van der Waals surface area (Å²) in [6.45, 7) is 1.92. The molecule has 0 amide bonds. The van der Waals surface area contributed by atoms with Gasteiger partial charge in [-0.2, -0.15) is 5.26 Å². The van der Waals surface area contributed by atoms with Crippen molar-refractivity contribution in [3.05, 3.63) is 83.4 Å². The summed E-state index contributed by atoms with van der Waals surface area (Å²) in [6.07, 6.45) is 2.32. The number of carbonyl (C=O) groups excluding carboxylic acids is 2. The molecule has 0 spiro atoms. The molecule has 0 saturated heterocycles. The summed E-state index contributed by atoms with van der Waals surface area (Å²) in [5.74, 6) is -1.81. The predicted molar refractivity (Wildman–Crippen MR) is 102 cm³/mol. The largest absolute Gasteiger partial charge is 0.466 e. The molecule has 0 aliphatic heterocycles. The smallest absolute Gasteiger partial charge is 0.334 e. The number of benzene rings is 2. The first kappa shape index (κ1) is 18.6. The lowest BCUT2D eigenvalue weighted by atomic mass is 9.63. The second-order valence-electron chi connectivity index (χ2n) is 6.65. The van der Waals surface area contributed by atoms with Crippen molar-refractivity contribution < 1.29 is 14.3 Å². The van der Waals surface area contributed by atoms with Crippen LogP contribution in [0.25, 0.3) is 0 Å². The third-order valence-electron chi connectivity index (χ3n) is 5.32. The molecule has 136 valence electrons. The second kappa shape index (κ2) is 7.59. The number of esters is 1. The summed E-state index contributed by atoms with van der Waals surface area (Å²) in [5.41, 5.74) is 0.219. The number of methoxy groups -OCH3 is 1. The molecule has 0 heterocycles. The number of nitrogens with zero attached hydrogens (tertiary/aromatic N) is 1. The van der Waals surface area contributed by atoms with E-state index >= 15 is 0 Å². The Morgan fingerprint density at radius 3 is 2.19 bits per heavy atom. The zero-order chi connectivity index (χ0) is 19.4. The van der Waals surface area contributed by atoms with Crippen LogP contribution in [-0.4, -0.2) is 18.9 Å². The van der Waals surface area contributed by atoms with Gasteiger partial charge in [-0.05, 0) is 12.0 Å². The molecule has 27 heavy (non-hydrogen) atoms. The third kappa shape index (κ3) is 2.96. The van der Waals surface area contributed by atoms with Gasteiger partial charge in [0.05, 0.1) is 13.2 Å². The van der Waals surface area contributed by atoms with Gasteiger partial charge < -0.3 is 4.74 Å². The minimum absolute atomic E-state index is 0.263. The molecule has 3 atom stereocenters. The number of ketones is 1. The van der Waals surface area contributed by atoms with Crippen LogP contribution in [0.5, 0.6) is 0 Å². The summed E-state index contributed by atoms with van der Waals surface area (Å²) < 4.78 is 4.97. The van der Waals surface area contributed by atoms with Crippen molar-refractivity contribution in [1.82, 2.24) is 0 Å². The van der Waals surface area contributed by atoms with Crippen molar-refractivity contribution in [2.75, 3.05) is 7.11 Å². The van der Waals surface area contributed by atoms with Gasteiger partial charge in [-0.1, -0.05) is 73.7 Å². The Morgan fingerprint density at radius 2 is 1.67 bits per heavy atom. The molecule has 0 radical (unpaired) electrons. The van der Waals surface area contributed by atoms with Gasteiger partial charge in [0.15, 0.2) is 5.78 Å². The maximum atomic E-state index is 13.6. The van der Waals surface area contributed by atoms with E-state index in [1.807, 2.05) is 43.3 Å². The van der Waals surface area contributed by atoms with Crippen LogP contribution in [0.4, 0.5) is 0 Å². The fourth-order valence-electron chi connectivity index (χ4n) is 4.06. The number of rotatable bonds is 5. The number of ether oxygens (including phenoxy) is 1. The first-order chi connectivity index (χ1) is 13.1. The molecule has 0 bridgehead atoms. The van der Waals surface area contributed by atoms with Crippen molar-refractivity contribution in [2.45, 2.75) is 19.3 Å². The van der Waals surface area contributed by atoms with Crippen molar-refractivity contribution in [3.63, 3.8) is 0 Å². The lowest BCUT2D eigenvalue weighted by molar-refractivity contribution is -0.136. The fraction of sp³-hybridized carbons (Fsp3) is 0.261. The van der Waals surface area contributed by atoms with E-state index < -0.39 is 17.3 Å². The molecule has 1 aliphatic rings. The topological polar surface area (TPSA) is 67.2 Å². The molecular formula is C23H21NO3. The summed E-state index contributed by atoms with van der Waals surface area (Å²) >= 11 is 0. The van der Waals surface area contributed by atoms with Gasteiger partial charge in [0.2, 0.25) is 0 Å². The van der Waals surface area contributed by atoms with Crippen molar-refractivity contribution in [1.29, 1.82) is 5.26 Å². The second-order valence-corrected chi connectivity index (χ2v) is 6.65. The summed E-state index contributed by atoms with van der Waals surface area (Å²) in [6, 6.07) is 20.4. The minimum atomic E-state index is -1.39. The standard InChI is InChI=1S/C23H21NO3/c1-3-18-14-19(22(26)27-2)20(16-10-6-4-7-11-16)23(18,15-24)21(25)17-12-8-5-9-13-17/h4-14,18,20H,3H2,1-2H3. The normalized spacial score (nSPS) is 24.0. The molecule has 4 nitrogen and oxygen atoms in total. The Hall–Kier alpha value is -3.19. The maximum absolute atomic E-state index is 13.6. The van der Waals surface area contributed by atoms with Crippen molar-refractivity contribution in [2.24, 2.45) is 11.3 Å². The van der Waals surface area contributed by atoms with Crippen LogP contribution in [-0.2, 0) is 9.53 Å². The highest BCUT2D eigenvalue weighted by Crippen LogP contribution is 2.55. The average Bonchev–Trinajstić information content (AvgIpc) is 3.09. The van der Waals surface area contributed by atoms with Crippen LogP contribution >= 0.6 is 0 Å². The van der Waals surface area contributed by atoms with Crippen molar-refractivity contribution in [3.8, 4) is 6.07 Å². The quantitative estimate of drug-likeness (QED) is 0.589. The zero-order valence-corrected chi connectivity index (χ0v) is 15.4. The Balaban J connectivity index is 2.24. The number of carbonyl (C=O) groups is 2. The van der Waals surface area contributed by atoms with E-state index in [-0.39, 0.29) is 11.7 Å². The minimum Gasteiger partial charge on any atom is -0.466 e. The third-order valence-corrected chi connectivity index (χ3v) is 5.32. The van der Waals surface area contributed by atoms with Crippen LogP contribution in [0, 0.1) is 22.7 Å². The Bertz CT molecular complexity index is 912. The number of nitriles is 1. The molecule has 3 unspecified atom stereocenters. The van der Waals surface area contributed by atoms with Crippen molar-refractivity contribution >= 4 is 11.8 Å². The van der Waals surface area contributed by atoms with Crippen LogP contribution < -0.4 is 0 Å². The van der Waals surface area contributed by atoms with E-state index in [9.17, 15) is 14.9 Å². The van der Waals surface area contributed by atoms with E-state index in [0.29, 0.717) is 17.6 Å². The van der Waals surface area contributed by atoms with E-state index in [1.54, 1.807) is 30.3 Å². The molecule has 0 saturated carbocycles. The molecule has 2 aromatic carbocycles. The molecular weight excluding hydrogens is 338 g/mol. The lowest BCUT2D eigenvalue weighted by Crippen LogP contribution is -2.40. The molecule has 2 aromatic rings. The van der Waals surface area contributed by atoms with E-state index in [1.165, 1.54) is 7.11 Å². The van der Waals surface area contributed by atoms with E-state index in [0.717, 1.165) is 5.56 Å². The zero-order valence-electron chi connectivity index (χ0n) is 15.4. The van der Waals surface area contributed by atoms with Gasteiger partial charge in [0.1, 0.15) is 5.41 Å². The van der Waals surface area contributed by atoms with Gasteiger partial charge in [-0.3, -0.25) is 4.79 Å². The van der Waals surface area contributed by atoms with Crippen LogP contribution in [0.2, 0.25) is 0 Å². The highest BCUT2D eigenvalue weighted by atomic mass is 16.5. The number of allylic oxidation sites excluding steroid dienone is 1. The highest BCUT2D eigenvalue weighted by Gasteiger charge is 2.58. The fourth-order valence-corrected chi connectivity index (χ4v) is 4.06. The van der Waals surface area contributed by atoms with Gasteiger partial charge in [-0.15, -0.1) is 0 Å². The Kier molecular flexibility index (Phi) is 5.23. The maximum Gasteiger partial charge on any atom is 0.334 e. The molecule has 0 N–H and O–H groups in total. The summed E-state index contributed by atoms with van der Waals surface area (Å²) in [4.78, 5) is 26.1. The summed E-state index contributed by atoms with van der Waals surface area (Å²) in [7, 11) is 1.32. The first-order valence-corrected chi connectivity index (χ1v) is 8.96. The molecule has 0 fully saturated rings. The monoisotopic (exact) mass is 359 g/mol. The average molecular weight is 359 g/mol. The lowest BCUT2D eigenvalue weighted by Gasteiger charge is -2.33. The Morgan fingerprint density at radius 1 is 1.07 bits per heavy atom. The van der Waals surface area contributed by atoms with Gasteiger partial charge >= 0.3 is 5.97 Å². The number of Topliss-reactive ketones (excluding diaryl/α,β-unsaturated/α-hetero) is 1. The van der Waals surface area contributed by atoms with Gasteiger partial charge in [0, 0.05) is 23.0 Å². The van der Waals surface area contributed by atoms with Crippen LogP contribution in [0.3, 0.4) is 0 Å². The number of hydrogen-bond acceptors (Lipinski definition) is 4. The molecule has 4 heteroatoms.